The molecule has 0 aliphatic carbocycles. The molecule has 0 aromatic carbocycles. The highest BCUT2D eigenvalue weighted by molar-refractivity contribution is 5.80. The van der Waals surface area contributed by atoms with Crippen LogP contribution in [0.2, 0.25) is 0 Å². The van der Waals surface area contributed by atoms with Gasteiger partial charge in [-0.25, -0.2) is 0 Å². The van der Waals surface area contributed by atoms with Gasteiger partial charge in [0.2, 0.25) is 5.91 Å². The van der Waals surface area contributed by atoms with Crippen LogP contribution in [0.25, 0.3) is 0 Å². The molecule has 0 radical (unpaired) electrons. The van der Waals surface area contributed by atoms with E-state index < -0.39 is 0 Å². The fourth-order valence-electron chi connectivity index (χ4n) is 2.81. The summed E-state index contributed by atoms with van der Waals surface area (Å²) < 4.78 is 5.62. The second-order valence-corrected chi connectivity index (χ2v) is 5.82. The number of hydrogen-bond donors (Lipinski definition) is 2. The lowest BCUT2D eigenvalue weighted by molar-refractivity contribution is -0.121. The van der Waals surface area contributed by atoms with E-state index in [1.54, 1.807) is 26.5 Å². The van der Waals surface area contributed by atoms with Crippen LogP contribution in [0.4, 0.5) is 0 Å². The van der Waals surface area contributed by atoms with E-state index in [4.69, 9.17) is 4.74 Å². The van der Waals surface area contributed by atoms with Gasteiger partial charge in [0.05, 0.1) is 12.7 Å². The molecular formula is C17H27N5O2. The zero-order valence-electron chi connectivity index (χ0n) is 14.5. The summed E-state index contributed by atoms with van der Waals surface area (Å²) >= 11 is 0. The van der Waals surface area contributed by atoms with Crippen molar-refractivity contribution in [2.45, 2.75) is 19.3 Å². The van der Waals surface area contributed by atoms with Crippen LogP contribution in [-0.2, 0) is 4.79 Å². The number of pyridine rings is 1. The molecule has 2 heterocycles. The van der Waals surface area contributed by atoms with Gasteiger partial charge in [-0.05, 0) is 30.9 Å². The third kappa shape index (κ3) is 5.72. The van der Waals surface area contributed by atoms with Gasteiger partial charge in [0.1, 0.15) is 12.4 Å². The highest BCUT2D eigenvalue weighted by atomic mass is 16.5. The predicted molar refractivity (Wildman–Crippen MR) is 94.1 cm³/mol. The molecule has 24 heavy (non-hydrogen) atoms. The number of hydrogen-bond acceptors (Lipinski definition) is 4. The van der Waals surface area contributed by atoms with E-state index in [2.05, 4.69) is 25.5 Å². The lowest BCUT2D eigenvalue weighted by atomic mass is 9.93. The summed E-state index contributed by atoms with van der Waals surface area (Å²) in [6.45, 7) is 3.08. The van der Waals surface area contributed by atoms with Gasteiger partial charge in [0.25, 0.3) is 0 Å². The standard InChI is InChI=1S/C17H27N5O2/c1-18-16(23)12-14-5-9-22(10-6-14)17(19-2)21-8-11-24-15-4-3-7-20-13-15/h3-4,7,13-14H,5-6,8-12H2,1-2H3,(H,18,23)(H,19,21). The lowest BCUT2D eigenvalue weighted by Gasteiger charge is -2.34. The number of amides is 1. The number of guanidine groups is 1. The summed E-state index contributed by atoms with van der Waals surface area (Å²) in [6.07, 6.45) is 6.07. The van der Waals surface area contributed by atoms with Gasteiger partial charge in [-0.15, -0.1) is 0 Å². The van der Waals surface area contributed by atoms with Crippen molar-refractivity contribution >= 4 is 11.9 Å². The second kappa shape index (κ2) is 9.75. The highest BCUT2D eigenvalue weighted by Crippen LogP contribution is 2.20. The molecule has 7 nitrogen and oxygen atoms in total. The van der Waals surface area contributed by atoms with E-state index in [1.165, 1.54) is 0 Å². The SMILES string of the molecule is CN=C(NCCOc1cccnc1)N1CCC(CC(=O)NC)CC1. The number of aromatic nitrogens is 1. The Bertz CT molecular complexity index is 527. The molecule has 0 saturated carbocycles. The number of rotatable bonds is 6. The van der Waals surface area contributed by atoms with Gasteiger partial charge in [-0.2, -0.15) is 0 Å². The Morgan fingerprint density at radius 3 is 2.88 bits per heavy atom. The van der Waals surface area contributed by atoms with Gasteiger partial charge in [-0.3, -0.25) is 14.8 Å². The summed E-state index contributed by atoms with van der Waals surface area (Å²) in [4.78, 5) is 22.1. The van der Waals surface area contributed by atoms with Crippen molar-refractivity contribution in [2.24, 2.45) is 10.9 Å². The average Bonchev–Trinajstić information content (AvgIpc) is 2.63. The quantitative estimate of drug-likeness (QED) is 0.459. The molecule has 132 valence electrons. The van der Waals surface area contributed by atoms with Gasteiger partial charge >= 0.3 is 0 Å². The largest absolute Gasteiger partial charge is 0.490 e. The smallest absolute Gasteiger partial charge is 0.220 e. The first-order valence-corrected chi connectivity index (χ1v) is 8.42. The Balaban J connectivity index is 1.68. The van der Waals surface area contributed by atoms with E-state index in [1.807, 2.05) is 12.1 Å². The second-order valence-electron chi connectivity index (χ2n) is 5.82. The molecule has 0 atom stereocenters. The number of nitrogens with one attached hydrogen (secondary N) is 2. The third-order valence-corrected chi connectivity index (χ3v) is 4.17. The topological polar surface area (TPSA) is 78.9 Å². The number of ether oxygens (including phenoxy) is 1. The van der Waals surface area contributed by atoms with Crippen molar-refractivity contribution in [2.75, 3.05) is 40.3 Å². The van der Waals surface area contributed by atoms with Gasteiger partial charge in [-0.1, -0.05) is 0 Å². The molecule has 7 heteroatoms. The molecule has 2 N–H and O–H groups in total. The van der Waals surface area contributed by atoms with Crippen LogP contribution >= 0.6 is 0 Å². The maximum absolute atomic E-state index is 11.5. The number of nitrogens with zero attached hydrogens (tertiary/aromatic N) is 3. The highest BCUT2D eigenvalue weighted by Gasteiger charge is 2.22. The van der Waals surface area contributed by atoms with Crippen LogP contribution in [0, 0.1) is 5.92 Å². The minimum atomic E-state index is 0.128. The van der Waals surface area contributed by atoms with Crippen LogP contribution in [-0.4, -0.2) is 62.1 Å². The molecule has 2 rings (SSSR count). The van der Waals surface area contributed by atoms with E-state index in [9.17, 15) is 4.79 Å². The Labute approximate surface area is 143 Å². The fourth-order valence-corrected chi connectivity index (χ4v) is 2.81. The molecule has 1 saturated heterocycles. The predicted octanol–water partition coefficient (Wildman–Crippen LogP) is 0.884. The molecule has 1 aliphatic rings. The van der Waals surface area contributed by atoms with Crippen LogP contribution in [0.1, 0.15) is 19.3 Å². The normalized spacial score (nSPS) is 15.9. The van der Waals surface area contributed by atoms with Crippen LogP contribution < -0.4 is 15.4 Å². The summed E-state index contributed by atoms with van der Waals surface area (Å²) in [7, 11) is 3.48. The van der Waals surface area contributed by atoms with Crippen molar-refractivity contribution in [3.8, 4) is 5.75 Å². The summed E-state index contributed by atoms with van der Waals surface area (Å²) in [6, 6.07) is 3.74. The number of carbonyl (C=O) groups is 1. The zero-order chi connectivity index (χ0) is 17.2. The Morgan fingerprint density at radius 2 is 2.25 bits per heavy atom. The van der Waals surface area contributed by atoms with Crippen LogP contribution in [0.15, 0.2) is 29.5 Å². The first kappa shape index (κ1) is 18.0. The van der Waals surface area contributed by atoms with Gasteiger partial charge < -0.3 is 20.3 Å². The number of carbonyl (C=O) groups excluding carboxylic acids is 1. The summed E-state index contributed by atoms with van der Waals surface area (Å²) in [5.74, 6) is 2.25. The maximum atomic E-state index is 11.5. The van der Waals surface area contributed by atoms with Crippen molar-refractivity contribution in [1.29, 1.82) is 0 Å². The van der Waals surface area contributed by atoms with E-state index in [0.717, 1.165) is 37.6 Å². The molecule has 0 spiro atoms. The molecular weight excluding hydrogens is 306 g/mol. The van der Waals surface area contributed by atoms with Crippen molar-refractivity contribution in [1.82, 2.24) is 20.5 Å². The first-order chi connectivity index (χ1) is 11.7. The van der Waals surface area contributed by atoms with Crippen molar-refractivity contribution < 1.29 is 9.53 Å². The van der Waals surface area contributed by atoms with E-state index >= 15 is 0 Å². The Morgan fingerprint density at radius 1 is 1.46 bits per heavy atom. The number of likely N-dealkylation sites (tertiary alicyclic amines) is 1. The molecule has 0 unspecified atom stereocenters. The maximum Gasteiger partial charge on any atom is 0.220 e. The Hall–Kier alpha value is -2.31. The first-order valence-electron chi connectivity index (χ1n) is 8.42. The van der Waals surface area contributed by atoms with Crippen LogP contribution in [0.3, 0.4) is 0 Å². The van der Waals surface area contributed by atoms with Crippen molar-refractivity contribution in [3.05, 3.63) is 24.5 Å². The summed E-state index contributed by atoms with van der Waals surface area (Å²) in [5, 5.41) is 6.03. The third-order valence-electron chi connectivity index (χ3n) is 4.17. The zero-order valence-corrected chi connectivity index (χ0v) is 14.5. The molecule has 1 fully saturated rings. The molecule has 1 aliphatic heterocycles. The van der Waals surface area contributed by atoms with Gasteiger partial charge in [0, 0.05) is 39.8 Å². The number of aliphatic imine (C=N–C) groups is 1. The average molecular weight is 333 g/mol. The summed E-state index contributed by atoms with van der Waals surface area (Å²) in [5.41, 5.74) is 0. The van der Waals surface area contributed by atoms with Crippen molar-refractivity contribution in [3.63, 3.8) is 0 Å². The van der Waals surface area contributed by atoms with Gasteiger partial charge in [0.15, 0.2) is 5.96 Å². The molecule has 0 bridgehead atoms. The number of piperidine rings is 1. The minimum Gasteiger partial charge on any atom is -0.490 e. The molecule has 1 amide bonds. The van der Waals surface area contributed by atoms with Crippen LogP contribution in [0.5, 0.6) is 5.75 Å². The van der Waals surface area contributed by atoms with E-state index in [0.29, 0.717) is 25.5 Å². The monoisotopic (exact) mass is 333 g/mol. The lowest BCUT2D eigenvalue weighted by Crippen LogP contribution is -2.46. The molecule has 1 aromatic rings. The fraction of sp³-hybridized carbons (Fsp3) is 0.588. The Kier molecular flexibility index (Phi) is 7.32. The minimum absolute atomic E-state index is 0.128. The molecule has 1 aromatic heterocycles. The van der Waals surface area contributed by atoms with E-state index in [-0.39, 0.29) is 5.91 Å².